The Labute approximate surface area is 120 Å². The van der Waals surface area contributed by atoms with Gasteiger partial charge < -0.3 is 0 Å². The highest BCUT2D eigenvalue weighted by Crippen LogP contribution is 2.37. The van der Waals surface area contributed by atoms with Crippen molar-refractivity contribution in [1.82, 2.24) is 0 Å². The van der Waals surface area contributed by atoms with Crippen LogP contribution in [0.3, 0.4) is 0 Å². The monoisotopic (exact) mass is 298 g/mol. The second-order valence-electron chi connectivity index (χ2n) is 4.84. The summed E-state index contributed by atoms with van der Waals surface area (Å²) >= 11 is 8.06. The highest BCUT2D eigenvalue weighted by atomic mass is 35.5. The lowest BCUT2D eigenvalue weighted by atomic mass is 10.1. The molecule has 1 unspecified atom stereocenters. The minimum Gasteiger partial charge on any atom is -0.204 e. The molecule has 1 atom stereocenters. The third-order valence-electron chi connectivity index (χ3n) is 3.51. The van der Waals surface area contributed by atoms with Crippen molar-refractivity contribution >= 4 is 22.9 Å². The topological polar surface area (TPSA) is 0 Å². The standard InChI is InChI=1S/C15H13ClF2S/c16-11(7-10-4-1-5-12(17)15(10)18)14-8-9-3-2-6-13(9)19-14/h1,4-5,8,11H,2-3,6-7H2. The van der Waals surface area contributed by atoms with Gasteiger partial charge in [-0.3, -0.25) is 0 Å². The van der Waals surface area contributed by atoms with Gasteiger partial charge in [-0.2, -0.15) is 0 Å². The molecular formula is C15H13ClF2S. The van der Waals surface area contributed by atoms with Crippen LogP contribution in [-0.4, -0.2) is 0 Å². The van der Waals surface area contributed by atoms with E-state index in [4.69, 9.17) is 11.6 Å². The molecule has 0 bridgehead atoms. The molecule has 1 aromatic heterocycles. The van der Waals surface area contributed by atoms with Gasteiger partial charge in [0.25, 0.3) is 0 Å². The summed E-state index contributed by atoms with van der Waals surface area (Å²) in [6, 6.07) is 6.37. The van der Waals surface area contributed by atoms with Crippen molar-refractivity contribution in [3.05, 3.63) is 56.8 Å². The van der Waals surface area contributed by atoms with Gasteiger partial charge in [0.05, 0.1) is 5.38 Å². The molecule has 0 fully saturated rings. The first-order chi connectivity index (χ1) is 9.15. The zero-order valence-corrected chi connectivity index (χ0v) is 11.8. The number of fused-ring (bicyclic) bond motifs is 1. The van der Waals surface area contributed by atoms with Crippen LogP contribution in [-0.2, 0) is 19.3 Å². The minimum absolute atomic E-state index is 0.285. The maximum absolute atomic E-state index is 13.6. The molecule has 0 amide bonds. The molecule has 2 aromatic rings. The molecule has 0 spiro atoms. The number of thiophene rings is 1. The van der Waals surface area contributed by atoms with E-state index in [-0.39, 0.29) is 5.38 Å². The van der Waals surface area contributed by atoms with Crippen LogP contribution in [0.25, 0.3) is 0 Å². The summed E-state index contributed by atoms with van der Waals surface area (Å²) in [7, 11) is 0. The second kappa shape index (κ2) is 5.22. The summed E-state index contributed by atoms with van der Waals surface area (Å²) in [6.07, 6.45) is 3.78. The third-order valence-corrected chi connectivity index (χ3v) is 5.37. The molecule has 0 nitrogen and oxygen atoms in total. The maximum atomic E-state index is 13.6. The molecule has 3 rings (SSSR count). The molecule has 0 aliphatic heterocycles. The van der Waals surface area contributed by atoms with Gasteiger partial charge in [-0.05, 0) is 48.9 Å². The zero-order valence-electron chi connectivity index (χ0n) is 10.3. The number of aryl methyl sites for hydroxylation is 2. The van der Waals surface area contributed by atoms with Crippen LogP contribution in [0.1, 0.15) is 32.7 Å². The largest absolute Gasteiger partial charge is 0.204 e. The molecule has 1 aromatic carbocycles. The third kappa shape index (κ3) is 2.54. The van der Waals surface area contributed by atoms with Crippen LogP contribution >= 0.6 is 22.9 Å². The fraction of sp³-hybridized carbons (Fsp3) is 0.333. The molecule has 19 heavy (non-hydrogen) atoms. The Bertz CT molecular complexity index is 585. The number of benzene rings is 1. The fourth-order valence-electron chi connectivity index (χ4n) is 2.51. The zero-order chi connectivity index (χ0) is 13.4. The van der Waals surface area contributed by atoms with Crippen molar-refractivity contribution in [1.29, 1.82) is 0 Å². The average molecular weight is 299 g/mol. The first kappa shape index (κ1) is 13.1. The molecule has 1 aliphatic carbocycles. The second-order valence-corrected chi connectivity index (χ2v) is 6.53. The van der Waals surface area contributed by atoms with Crippen molar-refractivity contribution in [2.24, 2.45) is 0 Å². The van der Waals surface area contributed by atoms with E-state index in [1.54, 1.807) is 17.4 Å². The molecule has 1 heterocycles. The summed E-state index contributed by atoms with van der Waals surface area (Å²) in [6.45, 7) is 0. The molecule has 0 saturated carbocycles. The van der Waals surface area contributed by atoms with Crippen molar-refractivity contribution < 1.29 is 8.78 Å². The first-order valence-corrected chi connectivity index (χ1v) is 7.59. The van der Waals surface area contributed by atoms with Crippen molar-refractivity contribution in [2.45, 2.75) is 31.1 Å². The van der Waals surface area contributed by atoms with E-state index >= 15 is 0 Å². The Morgan fingerprint density at radius 2 is 2.11 bits per heavy atom. The van der Waals surface area contributed by atoms with Gasteiger partial charge in [-0.1, -0.05) is 12.1 Å². The predicted octanol–water partition coefficient (Wildman–Crippen LogP) is 5.04. The summed E-state index contributed by atoms with van der Waals surface area (Å²) in [5.41, 5.74) is 1.72. The van der Waals surface area contributed by atoms with Gasteiger partial charge >= 0.3 is 0 Å². The number of halogens is 3. The van der Waals surface area contributed by atoms with Crippen LogP contribution in [0.2, 0.25) is 0 Å². The summed E-state index contributed by atoms with van der Waals surface area (Å²) < 4.78 is 26.8. The number of hydrogen-bond acceptors (Lipinski definition) is 1. The summed E-state index contributed by atoms with van der Waals surface area (Å²) in [4.78, 5) is 2.47. The van der Waals surface area contributed by atoms with Crippen LogP contribution in [0, 0.1) is 11.6 Å². The molecule has 100 valence electrons. The van der Waals surface area contributed by atoms with Crippen LogP contribution < -0.4 is 0 Å². The van der Waals surface area contributed by atoms with Crippen LogP contribution in [0.4, 0.5) is 8.78 Å². The Morgan fingerprint density at radius 3 is 2.89 bits per heavy atom. The molecule has 0 radical (unpaired) electrons. The molecule has 4 heteroatoms. The van der Waals surface area contributed by atoms with E-state index in [0.717, 1.165) is 23.8 Å². The van der Waals surface area contributed by atoms with Gasteiger partial charge in [0.15, 0.2) is 11.6 Å². The molecule has 1 aliphatic rings. The van der Waals surface area contributed by atoms with Gasteiger partial charge in [-0.15, -0.1) is 22.9 Å². The van der Waals surface area contributed by atoms with Crippen molar-refractivity contribution in [3.63, 3.8) is 0 Å². The van der Waals surface area contributed by atoms with Gasteiger partial charge in [0.2, 0.25) is 0 Å². The van der Waals surface area contributed by atoms with Gasteiger partial charge in [0.1, 0.15) is 0 Å². The fourth-order valence-corrected chi connectivity index (χ4v) is 4.10. The maximum Gasteiger partial charge on any atom is 0.162 e. The smallest absolute Gasteiger partial charge is 0.162 e. The quantitative estimate of drug-likeness (QED) is 0.697. The Balaban J connectivity index is 1.80. The predicted molar refractivity (Wildman–Crippen MR) is 75.0 cm³/mol. The van der Waals surface area contributed by atoms with Crippen molar-refractivity contribution in [2.75, 3.05) is 0 Å². The number of alkyl halides is 1. The van der Waals surface area contributed by atoms with E-state index in [1.165, 1.54) is 22.9 Å². The first-order valence-electron chi connectivity index (χ1n) is 6.33. The molecular weight excluding hydrogens is 286 g/mol. The Morgan fingerprint density at radius 1 is 1.26 bits per heavy atom. The lowest BCUT2D eigenvalue weighted by Gasteiger charge is -2.09. The van der Waals surface area contributed by atoms with E-state index in [0.29, 0.717) is 12.0 Å². The van der Waals surface area contributed by atoms with Gasteiger partial charge in [0, 0.05) is 9.75 Å². The summed E-state index contributed by atoms with van der Waals surface area (Å²) in [5, 5.41) is -0.285. The van der Waals surface area contributed by atoms with Gasteiger partial charge in [-0.25, -0.2) is 8.78 Å². The Hall–Kier alpha value is -0.930. The van der Waals surface area contributed by atoms with Crippen LogP contribution in [0.5, 0.6) is 0 Å². The lowest BCUT2D eigenvalue weighted by molar-refractivity contribution is 0.498. The van der Waals surface area contributed by atoms with E-state index < -0.39 is 11.6 Å². The summed E-state index contributed by atoms with van der Waals surface area (Å²) in [5.74, 6) is -1.59. The molecule has 0 N–H and O–H groups in total. The normalized spacial score (nSPS) is 15.5. The van der Waals surface area contributed by atoms with Crippen LogP contribution in [0.15, 0.2) is 24.3 Å². The number of hydrogen-bond donors (Lipinski definition) is 0. The van der Waals surface area contributed by atoms with Crippen molar-refractivity contribution in [3.8, 4) is 0 Å². The van der Waals surface area contributed by atoms with E-state index in [1.807, 2.05) is 0 Å². The average Bonchev–Trinajstić information content (AvgIpc) is 2.95. The number of rotatable bonds is 3. The SMILES string of the molecule is Fc1cccc(CC(Cl)c2cc3c(s2)CCC3)c1F. The highest BCUT2D eigenvalue weighted by molar-refractivity contribution is 7.12. The van der Waals surface area contributed by atoms with E-state index in [9.17, 15) is 8.78 Å². The minimum atomic E-state index is -0.810. The highest BCUT2D eigenvalue weighted by Gasteiger charge is 2.20. The Kier molecular flexibility index (Phi) is 3.59. The van der Waals surface area contributed by atoms with E-state index in [2.05, 4.69) is 6.07 Å². The molecule has 0 saturated heterocycles. The lowest BCUT2D eigenvalue weighted by Crippen LogP contribution is -1.99.